The van der Waals surface area contributed by atoms with E-state index in [4.69, 9.17) is 16.7 Å². The summed E-state index contributed by atoms with van der Waals surface area (Å²) in [4.78, 5) is 16.7. The largest absolute Gasteiger partial charge is 0.409 e. The fraction of sp³-hybridized carbons (Fsp3) is 0.300. The van der Waals surface area contributed by atoms with Gasteiger partial charge in [0.25, 0.3) is 5.91 Å². The maximum absolute atomic E-state index is 11.0. The summed E-state index contributed by atoms with van der Waals surface area (Å²) in [7, 11) is 1.82. The molecule has 0 aliphatic heterocycles. The van der Waals surface area contributed by atoms with Gasteiger partial charge in [-0.2, -0.15) is 0 Å². The molecule has 0 saturated heterocycles. The Bertz CT molecular complexity index is 432. The van der Waals surface area contributed by atoms with Gasteiger partial charge in [0.1, 0.15) is 11.5 Å². The lowest BCUT2D eigenvalue weighted by Gasteiger charge is -2.18. The Hall–Kier alpha value is -2.31. The SMILES string of the molecule is CN(CC/C(N)=N/O)c1ccnc(C(N)=O)c1. The lowest BCUT2D eigenvalue weighted by atomic mass is 10.2. The maximum Gasteiger partial charge on any atom is 0.267 e. The predicted octanol–water partition coefficient (Wildman–Crippen LogP) is -0.247. The molecule has 0 unspecified atom stereocenters. The second-order valence-corrected chi connectivity index (χ2v) is 3.53. The van der Waals surface area contributed by atoms with E-state index in [0.717, 1.165) is 5.69 Å². The molecule has 1 heterocycles. The quantitative estimate of drug-likeness (QED) is 0.282. The molecule has 17 heavy (non-hydrogen) atoms. The Balaban J connectivity index is 2.72. The van der Waals surface area contributed by atoms with E-state index < -0.39 is 5.91 Å². The molecule has 1 aromatic heterocycles. The zero-order valence-corrected chi connectivity index (χ0v) is 9.50. The standard InChI is InChI=1S/C10H15N5O2/c1-15(5-3-9(11)14-17)7-2-4-13-8(6-7)10(12)16/h2,4,6,17H,3,5H2,1H3,(H2,11,14)(H2,12,16). The highest BCUT2D eigenvalue weighted by molar-refractivity contribution is 5.91. The van der Waals surface area contributed by atoms with Crippen molar-refractivity contribution in [2.45, 2.75) is 6.42 Å². The predicted molar refractivity (Wildman–Crippen MR) is 64.1 cm³/mol. The molecule has 0 aliphatic carbocycles. The number of nitrogens with zero attached hydrogens (tertiary/aromatic N) is 3. The Morgan fingerprint density at radius 2 is 2.29 bits per heavy atom. The molecule has 0 bridgehead atoms. The topological polar surface area (TPSA) is 118 Å². The van der Waals surface area contributed by atoms with Crippen molar-refractivity contribution in [2.75, 3.05) is 18.5 Å². The van der Waals surface area contributed by atoms with Crippen LogP contribution in [0.2, 0.25) is 0 Å². The van der Waals surface area contributed by atoms with Crippen molar-refractivity contribution in [1.82, 2.24) is 4.98 Å². The minimum Gasteiger partial charge on any atom is -0.409 e. The summed E-state index contributed by atoms with van der Waals surface area (Å²) in [5.74, 6) is -0.419. The first kappa shape index (κ1) is 12.8. The number of rotatable bonds is 5. The highest BCUT2D eigenvalue weighted by Crippen LogP contribution is 2.12. The van der Waals surface area contributed by atoms with E-state index >= 15 is 0 Å². The molecule has 0 atom stereocenters. The number of carbonyl (C=O) groups excluding carboxylic acids is 1. The van der Waals surface area contributed by atoms with Crippen molar-refractivity contribution in [1.29, 1.82) is 0 Å². The summed E-state index contributed by atoms with van der Waals surface area (Å²) in [6, 6.07) is 3.34. The average Bonchev–Trinajstić information content (AvgIpc) is 2.35. The first-order valence-electron chi connectivity index (χ1n) is 4.98. The number of anilines is 1. The third-order valence-corrected chi connectivity index (χ3v) is 2.27. The van der Waals surface area contributed by atoms with Crippen molar-refractivity contribution in [2.24, 2.45) is 16.6 Å². The number of hydrogen-bond acceptors (Lipinski definition) is 5. The lowest BCUT2D eigenvalue weighted by molar-refractivity contribution is 0.0995. The van der Waals surface area contributed by atoms with E-state index in [1.807, 2.05) is 11.9 Å². The molecule has 0 aliphatic rings. The Labute approximate surface area is 98.7 Å². The summed E-state index contributed by atoms with van der Waals surface area (Å²) < 4.78 is 0. The van der Waals surface area contributed by atoms with E-state index in [0.29, 0.717) is 13.0 Å². The van der Waals surface area contributed by atoms with Gasteiger partial charge in [-0.05, 0) is 12.1 Å². The summed E-state index contributed by atoms with van der Waals surface area (Å²) in [5.41, 5.74) is 11.5. The second kappa shape index (κ2) is 5.69. The number of oxime groups is 1. The Morgan fingerprint density at radius 1 is 1.59 bits per heavy atom. The van der Waals surface area contributed by atoms with Crippen LogP contribution in [0.4, 0.5) is 5.69 Å². The van der Waals surface area contributed by atoms with E-state index in [1.165, 1.54) is 6.20 Å². The molecular formula is C10H15N5O2. The van der Waals surface area contributed by atoms with Crippen LogP contribution < -0.4 is 16.4 Å². The number of primary amides is 1. The van der Waals surface area contributed by atoms with E-state index in [2.05, 4.69) is 10.1 Å². The smallest absolute Gasteiger partial charge is 0.267 e. The van der Waals surface area contributed by atoms with Crippen molar-refractivity contribution in [3.05, 3.63) is 24.0 Å². The first-order valence-corrected chi connectivity index (χ1v) is 4.98. The van der Waals surface area contributed by atoms with Gasteiger partial charge in [-0.15, -0.1) is 0 Å². The fourth-order valence-electron chi connectivity index (χ4n) is 1.25. The minimum atomic E-state index is -0.573. The molecule has 1 amide bonds. The highest BCUT2D eigenvalue weighted by Gasteiger charge is 2.06. The van der Waals surface area contributed by atoms with Gasteiger partial charge >= 0.3 is 0 Å². The van der Waals surface area contributed by atoms with Crippen molar-refractivity contribution < 1.29 is 10.0 Å². The molecule has 7 heteroatoms. The van der Waals surface area contributed by atoms with Gasteiger partial charge < -0.3 is 21.6 Å². The lowest BCUT2D eigenvalue weighted by Crippen LogP contribution is -2.25. The molecule has 0 fully saturated rings. The highest BCUT2D eigenvalue weighted by atomic mass is 16.4. The fourth-order valence-corrected chi connectivity index (χ4v) is 1.25. The van der Waals surface area contributed by atoms with Gasteiger partial charge in [0.05, 0.1) is 0 Å². The molecule has 7 nitrogen and oxygen atoms in total. The van der Waals surface area contributed by atoms with Crippen molar-refractivity contribution in [3.63, 3.8) is 0 Å². The third-order valence-electron chi connectivity index (χ3n) is 2.27. The van der Waals surface area contributed by atoms with Crippen LogP contribution in [0.5, 0.6) is 0 Å². The van der Waals surface area contributed by atoms with E-state index in [-0.39, 0.29) is 11.5 Å². The van der Waals surface area contributed by atoms with Gasteiger partial charge in [-0.25, -0.2) is 0 Å². The van der Waals surface area contributed by atoms with Crippen LogP contribution in [0.25, 0.3) is 0 Å². The summed E-state index contributed by atoms with van der Waals surface area (Å²) in [6.45, 7) is 0.554. The molecule has 5 N–H and O–H groups in total. The van der Waals surface area contributed by atoms with Crippen LogP contribution in [0, 0.1) is 0 Å². The maximum atomic E-state index is 11.0. The van der Waals surface area contributed by atoms with E-state index in [1.54, 1.807) is 12.1 Å². The van der Waals surface area contributed by atoms with Crippen LogP contribution in [0.15, 0.2) is 23.5 Å². The summed E-state index contributed by atoms with van der Waals surface area (Å²) in [6.07, 6.45) is 1.93. The monoisotopic (exact) mass is 237 g/mol. The Morgan fingerprint density at radius 3 is 2.88 bits per heavy atom. The normalized spacial score (nSPS) is 11.2. The van der Waals surface area contributed by atoms with Crippen LogP contribution in [0.3, 0.4) is 0 Å². The van der Waals surface area contributed by atoms with Gasteiger partial charge in [0, 0.05) is 31.9 Å². The zero-order chi connectivity index (χ0) is 12.8. The first-order chi connectivity index (χ1) is 8.04. The van der Waals surface area contributed by atoms with Crippen LogP contribution >= 0.6 is 0 Å². The number of amidine groups is 1. The molecule has 1 rings (SSSR count). The van der Waals surface area contributed by atoms with Crippen LogP contribution in [0.1, 0.15) is 16.9 Å². The van der Waals surface area contributed by atoms with Crippen molar-refractivity contribution in [3.8, 4) is 0 Å². The number of nitrogens with two attached hydrogens (primary N) is 2. The van der Waals surface area contributed by atoms with Crippen LogP contribution in [-0.4, -0.2) is 35.5 Å². The number of aromatic nitrogens is 1. The minimum absolute atomic E-state index is 0.154. The van der Waals surface area contributed by atoms with Gasteiger partial charge in [-0.3, -0.25) is 9.78 Å². The molecular weight excluding hydrogens is 222 g/mol. The molecule has 0 radical (unpaired) electrons. The molecule has 0 aromatic carbocycles. The van der Waals surface area contributed by atoms with Gasteiger partial charge in [0.2, 0.25) is 0 Å². The number of amides is 1. The van der Waals surface area contributed by atoms with Gasteiger partial charge in [-0.1, -0.05) is 5.16 Å². The second-order valence-electron chi connectivity index (χ2n) is 3.53. The number of pyridine rings is 1. The average molecular weight is 237 g/mol. The molecule has 0 spiro atoms. The van der Waals surface area contributed by atoms with Crippen LogP contribution in [-0.2, 0) is 0 Å². The number of hydrogen-bond donors (Lipinski definition) is 3. The molecule has 1 aromatic rings. The van der Waals surface area contributed by atoms with E-state index in [9.17, 15) is 4.79 Å². The third kappa shape index (κ3) is 3.63. The Kier molecular flexibility index (Phi) is 4.27. The molecule has 0 saturated carbocycles. The zero-order valence-electron chi connectivity index (χ0n) is 9.50. The van der Waals surface area contributed by atoms with Gasteiger partial charge in [0.15, 0.2) is 0 Å². The summed E-state index contributed by atoms with van der Waals surface area (Å²) >= 11 is 0. The van der Waals surface area contributed by atoms with Crippen molar-refractivity contribution >= 4 is 17.4 Å². The summed E-state index contributed by atoms with van der Waals surface area (Å²) in [5, 5.41) is 11.3. The number of carbonyl (C=O) groups is 1. The molecule has 92 valence electrons.